The Morgan fingerprint density at radius 2 is 1.95 bits per heavy atom. The normalized spacial score (nSPS) is 18.2. The number of benzene rings is 1. The van der Waals surface area contributed by atoms with Crippen LogP contribution in [0.25, 0.3) is 0 Å². The van der Waals surface area contributed by atoms with E-state index in [9.17, 15) is 5.11 Å². The van der Waals surface area contributed by atoms with E-state index < -0.39 is 5.60 Å². The summed E-state index contributed by atoms with van der Waals surface area (Å²) in [5, 5.41) is 10.2. The van der Waals surface area contributed by atoms with Gasteiger partial charge < -0.3 is 25.2 Å². The molecule has 106 valence electrons. The third-order valence-electron chi connectivity index (χ3n) is 3.80. The lowest BCUT2D eigenvalue weighted by atomic mass is 9.91. The van der Waals surface area contributed by atoms with Crippen molar-refractivity contribution >= 4 is 5.69 Å². The van der Waals surface area contributed by atoms with Crippen molar-refractivity contribution in [1.29, 1.82) is 0 Å². The molecule has 0 aromatic heterocycles. The first kappa shape index (κ1) is 14.0. The number of rotatable bonds is 4. The Morgan fingerprint density at radius 1 is 1.26 bits per heavy atom. The van der Waals surface area contributed by atoms with Crippen LogP contribution >= 0.6 is 0 Å². The third kappa shape index (κ3) is 2.93. The first-order valence-corrected chi connectivity index (χ1v) is 6.51. The summed E-state index contributed by atoms with van der Waals surface area (Å²) >= 11 is 0. The van der Waals surface area contributed by atoms with E-state index in [1.807, 2.05) is 18.2 Å². The molecule has 0 bridgehead atoms. The lowest BCUT2D eigenvalue weighted by molar-refractivity contribution is 0.0249. The summed E-state index contributed by atoms with van der Waals surface area (Å²) in [7, 11) is 3.31. The molecule has 5 nitrogen and oxygen atoms in total. The van der Waals surface area contributed by atoms with Gasteiger partial charge >= 0.3 is 0 Å². The Balaban J connectivity index is 2.18. The predicted octanol–water partition coefficient (Wildman–Crippen LogP) is 0.994. The highest BCUT2D eigenvalue weighted by Crippen LogP contribution is 2.35. The van der Waals surface area contributed by atoms with E-state index in [1.54, 1.807) is 14.2 Å². The number of hydrogen-bond donors (Lipinski definition) is 2. The molecule has 1 heterocycles. The fourth-order valence-electron chi connectivity index (χ4n) is 2.41. The molecule has 0 unspecified atom stereocenters. The predicted molar refractivity (Wildman–Crippen MR) is 75.0 cm³/mol. The second-order valence-electron chi connectivity index (χ2n) is 4.95. The molecule has 2 rings (SSSR count). The average Bonchev–Trinajstić information content (AvgIpc) is 2.47. The van der Waals surface area contributed by atoms with Crippen molar-refractivity contribution in [2.24, 2.45) is 5.73 Å². The molecule has 1 aromatic carbocycles. The Kier molecular flexibility index (Phi) is 4.17. The summed E-state index contributed by atoms with van der Waals surface area (Å²) in [6.45, 7) is 1.84. The molecule has 0 saturated carbocycles. The third-order valence-corrected chi connectivity index (χ3v) is 3.80. The van der Waals surface area contributed by atoms with Crippen molar-refractivity contribution in [3.8, 4) is 11.5 Å². The zero-order chi connectivity index (χ0) is 13.9. The van der Waals surface area contributed by atoms with Crippen LogP contribution < -0.4 is 20.1 Å². The Bertz CT molecular complexity index is 429. The molecule has 5 heteroatoms. The fraction of sp³-hybridized carbons (Fsp3) is 0.571. The highest BCUT2D eigenvalue weighted by atomic mass is 16.5. The molecule has 0 spiro atoms. The average molecular weight is 266 g/mol. The van der Waals surface area contributed by atoms with Gasteiger partial charge in [-0.2, -0.15) is 0 Å². The minimum absolute atomic E-state index is 0.316. The molecule has 19 heavy (non-hydrogen) atoms. The van der Waals surface area contributed by atoms with Crippen LogP contribution in [0.1, 0.15) is 12.8 Å². The topological polar surface area (TPSA) is 68.0 Å². The highest BCUT2D eigenvalue weighted by molar-refractivity contribution is 5.62. The number of methoxy groups -OCH3 is 2. The highest BCUT2D eigenvalue weighted by Gasteiger charge is 2.31. The van der Waals surface area contributed by atoms with Crippen molar-refractivity contribution in [1.82, 2.24) is 0 Å². The minimum atomic E-state index is -0.720. The molecule has 0 radical (unpaired) electrons. The molecule has 1 fully saturated rings. The molecule has 1 aliphatic rings. The number of anilines is 1. The van der Waals surface area contributed by atoms with Gasteiger partial charge in [-0.3, -0.25) is 0 Å². The van der Waals surface area contributed by atoms with E-state index in [1.165, 1.54) is 0 Å². The van der Waals surface area contributed by atoms with Crippen LogP contribution in [0.3, 0.4) is 0 Å². The van der Waals surface area contributed by atoms with Gasteiger partial charge in [-0.15, -0.1) is 0 Å². The number of nitrogens with zero attached hydrogens (tertiary/aromatic N) is 1. The quantitative estimate of drug-likeness (QED) is 0.851. The first-order valence-electron chi connectivity index (χ1n) is 6.51. The molecule has 0 atom stereocenters. The Labute approximate surface area is 113 Å². The summed E-state index contributed by atoms with van der Waals surface area (Å²) in [6.07, 6.45) is 1.34. The maximum atomic E-state index is 10.2. The van der Waals surface area contributed by atoms with Crippen molar-refractivity contribution in [3.05, 3.63) is 18.2 Å². The maximum Gasteiger partial charge on any atom is 0.142 e. The van der Waals surface area contributed by atoms with E-state index in [-0.39, 0.29) is 0 Å². The standard InChI is InChI=1S/C14H22N2O3/c1-18-11-3-4-13(19-2)12(9-11)16-7-5-14(17,10-15)6-8-16/h3-4,9,17H,5-8,10,15H2,1-2H3. The minimum Gasteiger partial charge on any atom is -0.497 e. The van der Waals surface area contributed by atoms with Crippen LogP contribution in [-0.2, 0) is 0 Å². The molecule has 1 saturated heterocycles. The van der Waals surface area contributed by atoms with Gasteiger partial charge in [-0.25, -0.2) is 0 Å². The zero-order valence-electron chi connectivity index (χ0n) is 11.6. The molecule has 0 aliphatic carbocycles. The number of hydrogen-bond acceptors (Lipinski definition) is 5. The first-order chi connectivity index (χ1) is 9.11. The Morgan fingerprint density at radius 3 is 2.47 bits per heavy atom. The zero-order valence-corrected chi connectivity index (χ0v) is 11.6. The summed E-state index contributed by atoms with van der Waals surface area (Å²) in [5.74, 6) is 1.62. The van der Waals surface area contributed by atoms with Crippen LogP contribution in [0.15, 0.2) is 18.2 Å². The molecular formula is C14H22N2O3. The summed E-state index contributed by atoms with van der Waals surface area (Å²) in [4.78, 5) is 2.20. The van der Waals surface area contributed by atoms with Crippen molar-refractivity contribution < 1.29 is 14.6 Å². The van der Waals surface area contributed by atoms with Gasteiger partial charge in [0.05, 0.1) is 25.5 Å². The van der Waals surface area contributed by atoms with E-state index in [0.717, 1.165) is 30.3 Å². The summed E-state index contributed by atoms with van der Waals surface area (Å²) in [6, 6.07) is 5.74. The van der Waals surface area contributed by atoms with Gasteiger partial charge in [-0.1, -0.05) is 0 Å². The van der Waals surface area contributed by atoms with Crippen molar-refractivity contribution in [2.75, 3.05) is 38.8 Å². The number of ether oxygens (including phenoxy) is 2. The van der Waals surface area contributed by atoms with Gasteiger partial charge in [0.2, 0.25) is 0 Å². The van der Waals surface area contributed by atoms with Crippen LogP contribution in [0.5, 0.6) is 11.5 Å². The van der Waals surface area contributed by atoms with E-state index in [2.05, 4.69) is 4.90 Å². The van der Waals surface area contributed by atoms with Crippen LogP contribution in [0.4, 0.5) is 5.69 Å². The van der Waals surface area contributed by atoms with E-state index in [0.29, 0.717) is 19.4 Å². The SMILES string of the molecule is COc1ccc(OC)c(N2CCC(O)(CN)CC2)c1. The maximum absolute atomic E-state index is 10.2. The van der Waals surface area contributed by atoms with Crippen molar-refractivity contribution in [3.63, 3.8) is 0 Å². The summed E-state index contributed by atoms with van der Waals surface area (Å²) < 4.78 is 10.6. The van der Waals surface area contributed by atoms with Gasteiger partial charge in [0.1, 0.15) is 11.5 Å². The number of piperidine rings is 1. The van der Waals surface area contributed by atoms with Gasteiger partial charge in [0, 0.05) is 25.7 Å². The lowest BCUT2D eigenvalue weighted by Crippen LogP contribution is -2.48. The number of aliphatic hydroxyl groups is 1. The molecule has 0 amide bonds. The van der Waals surface area contributed by atoms with Crippen LogP contribution in [0.2, 0.25) is 0 Å². The van der Waals surface area contributed by atoms with Gasteiger partial charge in [0.25, 0.3) is 0 Å². The molecule has 1 aliphatic heterocycles. The fourth-order valence-corrected chi connectivity index (χ4v) is 2.41. The summed E-state index contributed by atoms with van der Waals surface area (Å²) in [5.41, 5.74) is 5.89. The molecule has 3 N–H and O–H groups in total. The molecular weight excluding hydrogens is 244 g/mol. The van der Waals surface area contributed by atoms with Gasteiger partial charge in [-0.05, 0) is 25.0 Å². The number of nitrogens with two attached hydrogens (primary N) is 1. The Hall–Kier alpha value is -1.46. The second kappa shape index (κ2) is 5.67. The van der Waals surface area contributed by atoms with E-state index >= 15 is 0 Å². The molecule has 1 aromatic rings. The smallest absolute Gasteiger partial charge is 0.142 e. The van der Waals surface area contributed by atoms with Gasteiger partial charge in [0.15, 0.2) is 0 Å². The monoisotopic (exact) mass is 266 g/mol. The second-order valence-corrected chi connectivity index (χ2v) is 4.95. The van der Waals surface area contributed by atoms with Crippen LogP contribution in [-0.4, -0.2) is 44.6 Å². The van der Waals surface area contributed by atoms with Crippen LogP contribution in [0, 0.1) is 0 Å². The largest absolute Gasteiger partial charge is 0.497 e. The van der Waals surface area contributed by atoms with Crippen molar-refractivity contribution in [2.45, 2.75) is 18.4 Å². The lowest BCUT2D eigenvalue weighted by Gasteiger charge is -2.39. The van der Waals surface area contributed by atoms with E-state index in [4.69, 9.17) is 15.2 Å².